The average Bonchev–Trinajstić information content (AvgIpc) is 2.97. The third-order valence-electron chi connectivity index (χ3n) is 2.60. The largest absolute Gasteiger partial charge is 0.464 e. The van der Waals surface area contributed by atoms with Gasteiger partial charge in [0.25, 0.3) is 0 Å². The summed E-state index contributed by atoms with van der Waals surface area (Å²) in [6.45, 7) is -0.660. The minimum Gasteiger partial charge on any atom is -0.464 e. The Balaban J connectivity index is 2.27. The molecule has 0 aromatic carbocycles. The first-order valence-electron chi connectivity index (χ1n) is 5.90. The van der Waals surface area contributed by atoms with Crippen molar-refractivity contribution in [2.24, 2.45) is 0 Å². The second-order valence-electron chi connectivity index (χ2n) is 4.10. The van der Waals surface area contributed by atoms with Gasteiger partial charge in [-0.05, 0) is 6.07 Å². The summed E-state index contributed by atoms with van der Waals surface area (Å²) in [7, 11) is 0. The van der Waals surface area contributed by atoms with Crippen LogP contribution in [0.3, 0.4) is 0 Å². The Morgan fingerprint density at radius 3 is 2.58 bits per heavy atom. The number of nitro groups is 1. The van der Waals surface area contributed by atoms with Crippen LogP contribution in [0.5, 0.6) is 0 Å². The number of carbonyl (C=O) groups is 2. The van der Waals surface area contributed by atoms with Crippen molar-refractivity contribution in [2.75, 3.05) is 0 Å². The molecule has 126 valence electrons. The maximum Gasteiger partial charge on any atom is 0.433 e. The van der Waals surface area contributed by atoms with E-state index < -0.39 is 51.2 Å². The maximum atomic E-state index is 13.3. The van der Waals surface area contributed by atoms with Gasteiger partial charge in [0, 0.05) is 0 Å². The van der Waals surface area contributed by atoms with Gasteiger partial charge in [0.2, 0.25) is 5.82 Å². The van der Waals surface area contributed by atoms with Crippen LogP contribution >= 0.6 is 0 Å². The van der Waals surface area contributed by atoms with Crippen LogP contribution in [0.25, 0.3) is 0 Å². The van der Waals surface area contributed by atoms with Crippen molar-refractivity contribution >= 4 is 18.1 Å². The zero-order valence-corrected chi connectivity index (χ0v) is 11.4. The fourth-order valence-electron chi connectivity index (χ4n) is 1.57. The zero-order valence-electron chi connectivity index (χ0n) is 11.4. The number of ether oxygens (including phenoxy) is 1. The average molecular weight is 343 g/mol. The highest BCUT2D eigenvalue weighted by atomic mass is 19.1. The van der Waals surface area contributed by atoms with E-state index >= 15 is 0 Å². The summed E-state index contributed by atoms with van der Waals surface area (Å²) in [5, 5.41) is 19.1. The van der Waals surface area contributed by atoms with E-state index in [1.165, 1.54) is 0 Å². The summed E-state index contributed by atoms with van der Waals surface area (Å²) in [5.74, 6) is -2.46. The van der Waals surface area contributed by atoms with Crippen LogP contribution in [-0.4, -0.2) is 31.4 Å². The summed E-state index contributed by atoms with van der Waals surface area (Å²) < 4.78 is 22.0. The van der Waals surface area contributed by atoms with Crippen LogP contribution in [-0.2, 0) is 11.3 Å². The van der Waals surface area contributed by atoms with Gasteiger partial charge in [0.05, 0.1) is 12.3 Å². The molecule has 0 aliphatic heterocycles. The van der Waals surface area contributed by atoms with Gasteiger partial charge in [-0.25, -0.2) is 14.4 Å². The molecule has 2 heterocycles. The van der Waals surface area contributed by atoms with Gasteiger partial charge in [0.15, 0.2) is 6.61 Å². The summed E-state index contributed by atoms with van der Waals surface area (Å²) in [6, 6.07) is 2.10. The van der Waals surface area contributed by atoms with Crippen LogP contribution in [0.4, 0.5) is 19.9 Å². The molecule has 1 N–H and O–H groups in total. The summed E-state index contributed by atoms with van der Waals surface area (Å²) >= 11 is 0. The number of halogens is 1. The van der Waals surface area contributed by atoms with Crippen LogP contribution in [0.2, 0.25) is 0 Å². The fraction of sp³-hybridized carbons (Fsp3) is 0.0909. The van der Waals surface area contributed by atoms with Crippen molar-refractivity contribution in [1.82, 2.24) is 9.13 Å². The number of carbonyl (C=O) groups excluding carboxylic acids is 1. The van der Waals surface area contributed by atoms with Crippen molar-refractivity contribution in [1.29, 1.82) is 0 Å². The molecular weight excluding hydrogens is 337 g/mol. The van der Waals surface area contributed by atoms with E-state index in [-0.39, 0.29) is 16.5 Å². The minimum atomic E-state index is -2.09. The van der Waals surface area contributed by atoms with Crippen molar-refractivity contribution in [3.05, 3.63) is 60.9 Å². The SMILES string of the molecule is O=C(OCc1ccc([N+](=O)[O-])o1)n1cc(F)c(=O)n(C(=O)O)c1=O. The molecule has 0 saturated heterocycles. The molecule has 0 unspecified atom stereocenters. The topological polar surface area (TPSA) is 164 Å². The van der Waals surface area contributed by atoms with Crippen LogP contribution < -0.4 is 11.2 Å². The van der Waals surface area contributed by atoms with E-state index in [1.807, 2.05) is 0 Å². The lowest BCUT2D eigenvalue weighted by molar-refractivity contribution is -0.402. The highest BCUT2D eigenvalue weighted by Gasteiger charge is 2.21. The Hall–Kier alpha value is -3.77. The second kappa shape index (κ2) is 6.15. The molecule has 12 nitrogen and oxygen atoms in total. The van der Waals surface area contributed by atoms with Gasteiger partial charge in [-0.2, -0.15) is 13.5 Å². The predicted octanol–water partition coefficient (Wildman–Crippen LogP) is 0.361. The van der Waals surface area contributed by atoms with E-state index in [9.17, 15) is 33.7 Å². The second-order valence-corrected chi connectivity index (χ2v) is 4.10. The molecule has 0 fully saturated rings. The first kappa shape index (κ1) is 16.6. The molecule has 0 atom stereocenters. The molecule has 2 rings (SSSR count). The quantitative estimate of drug-likeness (QED) is 0.612. The van der Waals surface area contributed by atoms with Crippen LogP contribution in [0.15, 0.2) is 32.3 Å². The highest BCUT2D eigenvalue weighted by Crippen LogP contribution is 2.16. The molecule has 0 saturated carbocycles. The van der Waals surface area contributed by atoms with Gasteiger partial charge in [-0.3, -0.25) is 14.9 Å². The smallest absolute Gasteiger partial charge is 0.433 e. The van der Waals surface area contributed by atoms with Crippen molar-refractivity contribution in [3.63, 3.8) is 0 Å². The summed E-state index contributed by atoms with van der Waals surface area (Å²) in [5.41, 5.74) is -3.41. The Morgan fingerprint density at radius 1 is 1.38 bits per heavy atom. The van der Waals surface area contributed by atoms with Crippen molar-refractivity contribution in [2.45, 2.75) is 6.61 Å². The van der Waals surface area contributed by atoms with Crippen LogP contribution in [0.1, 0.15) is 5.76 Å². The first-order valence-corrected chi connectivity index (χ1v) is 5.90. The molecule has 13 heteroatoms. The van der Waals surface area contributed by atoms with Gasteiger partial charge >= 0.3 is 29.3 Å². The number of nitrogens with zero attached hydrogens (tertiary/aromatic N) is 3. The number of aromatic nitrogens is 2. The molecule has 0 spiro atoms. The molecular formula is C11H6FN3O9. The Morgan fingerprint density at radius 2 is 2.04 bits per heavy atom. The van der Waals surface area contributed by atoms with E-state index in [1.54, 1.807) is 0 Å². The van der Waals surface area contributed by atoms with Gasteiger partial charge in [-0.1, -0.05) is 0 Å². The molecule has 0 radical (unpaired) electrons. The standard InChI is InChI=1S/C11H6FN3O9/c12-6-3-13(9(17)14(8(6)16)10(18)19)11(20)23-4-5-1-2-7(24-5)15(21)22/h1-3H,4H2,(H,18,19). The normalized spacial score (nSPS) is 10.4. The third-order valence-corrected chi connectivity index (χ3v) is 2.60. The first-order chi connectivity index (χ1) is 11.2. The Bertz CT molecular complexity index is 954. The molecule has 2 aromatic heterocycles. The lowest BCUT2D eigenvalue weighted by Gasteiger charge is -2.06. The van der Waals surface area contributed by atoms with Gasteiger partial charge in [0.1, 0.15) is 10.7 Å². The summed E-state index contributed by atoms with van der Waals surface area (Å²) in [4.78, 5) is 55.0. The molecule has 0 aliphatic rings. The van der Waals surface area contributed by atoms with E-state index in [2.05, 4.69) is 9.15 Å². The van der Waals surface area contributed by atoms with Crippen LogP contribution in [0, 0.1) is 15.9 Å². The molecule has 0 bridgehead atoms. The fourth-order valence-corrected chi connectivity index (χ4v) is 1.57. The lowest BCUT2D eigenvalue weighted by atomic mass is 10.5. The van der Waals surface area contributed by atoms with E-state index in [4.69, 9.17) is 5.11 Å². The van der Waals surface area contributed by atoms with Crippen molar-refractivity contribution < 1.29 is 33.2 Å². The van der Waals surface area contributed by atoms with E-state index in [0.29, 0.717) is 0 Å². The zero-order chi connectivity index (χ0) is 18.0. The number of rotatable bonds is 3. The summed E-state index contributed by atoms with van der Waals surface area (Å²) in [6.07, 6.45) is -3.45. The number of hydrogen-bond donors (Lipinski definition) is 1. The van der Waals surface area contributed by atoms with Gasteiger partial charge < -0.3 is 14.3 Å². The Labute approximate surface area is 129 Å². The molecule has 0 amide bonds. The monoisotopic (exact) mass is 343 g/mol. The lowest BCUT2D eigenvalue weighted by Crippen LogP contribution is -2.46. The third kappa shape index (κ3) is 3.03. The molecule has 2 aromatic rings. The van der Waals surface area contributed by atoms with Gasteiger partial charge in [-0.15, -0.1) is 0 Å². The minimum absolute atomic E-state index is 0.0811. The highest BCUT2D eigenvalue weighted by molar-refractivity contribution is 5.72. The number of carboxylic acid groups (broad SMARTS) is 1. The predicted molar refractivity (Wildman–Crippen MR) is 69.3 cm³/mol. The van der Waals surface area contributed by atoms with E-state index in [0.717, 1.165) is 12.1 Å². The maximum absolute atomic E-state index is 13.3. The van der Waals surface area contributed by atoms with Crippen molar-refractivity contribution in [3.8, 4) is 0 Å². The molecule has 24 heavy (non-hydrogen) atoms. The number of furan rings is 1. The molecule has 0 aliphatic carbocycles. The number of hydrogen-bond acceptors (Lipinski definition) is 8. The Kier molecular flexibility index (Phi) is 4.25.